The van der Waals surface area contributed by atoms with E-state index in [2.05, 4.69) is 24.0 Å². The van der Waals surface area contributed by atoms with E-state index in [-0.39, 0.29) is 12.0 Å². The Morgan fingerprint density at radius 2 is 2.07 bits per heavy atom. The number of benzene rings is 1. The molecule has 1 aromatic carbocycles. The summed E-state index contributed by atoms with van der Waals surface area (Å²) in [7, 11) is 0. The van der Waals surface area contributed by atoms with E-state index in [0.29, 0.717) is 37.5 Å². The summed E-state index contributed by atoms with van der Waals surface area (Å²) in [6, 6.07) is 13.9. The molecule has 0 N–H and O–H groups in total. The Hall–Kier alpha value is -2.99. The Labute approximate surface area is 164 Å². The van der Waals surface area contributed by atoms with Crippen molar-refractivity contribution in [1.82, 2.24) is 19.7 Å². The van der Waals surface area contributed by atoms with Gasteiger partial charge in [-0.3, -0.25) is 14.5 Å². The van der Waals surface area contributed by atoms with Crippen LogP contribution in [0, 0.1) is 0 Å². The maximum Gasteiger partial charge on any atom is 0.257 e. The minimum atomic E-state index is -0.0000789. The molecule has 0 unspecified atom stereocenters. The highest BCUT2D eigenvalue weighted by Gasteiger charge is 2.27. The van der Waals surface area contributed by atoms with E-state index in [9.17, 15) is 4.79 Å². The normalized spacial score (nSPS) is 16.9. The van der Waals surface area contributed by atoms with Gasteiger partial charge in [-0.2, -0.15) is 5.10 Å². The van der Waals surface area contributed by atoms with Crippen LogP contribution < -0.4 is 0 Å². The van der Waals surface area contributed by atoms with Crippen molar-refractivity contribution in [1.29, 1.82) is 0 Å². The molecule has 0 aliphatic carbocycles. The first kappa shape index (κ1) is 18.4. The molecule has 2 aromatic heterocycles. The number of rotatable bonds is 5. The number of hydrogen-bond acceptors (Lipinski definition) is 4. The fourth-order valence-electron chi connectivity index (χ4n) is 3.47. The molecule has 3 heterocycles. The van der Waals surface area contributed by atoms with Gasteiger partial charge in [0.05, 0.1) is 24.8 Å². The van der Waals surface area contributed by atoms with E-state index in [0.717, 1.165) is 17.5 Å². The number of carbonyl (C=O) groups is 1. The number of aromatic nitrogens is 3. The topological polar surface area (TPSA) is 60.2 Å². The molecular formula is C22H24N4O2. The number of morpholine rings is 1. The summed E-state index contributed by atoms with van der Waals surface area (Å²) in [6.07, 6.45) is 6.32. The number of carbonyl (C=O) groups excluding carboxylic acids is 1. The average Bonchev–Trinajstić information content (AvgIpc) is 3.18. The van der Waals surface area contributed by atoms with Crippen LogP contribution in [0.25, 0.3) is 11.3 Å². The van der Waals surface area contributed by atoms with Crippen molar-refractivity contribution in [3.05, 3.63) is 72.2 Å². The third-order valence-corrected chi connectivity index (χ3v) is 5.00. The Morgan fingerprint density at radius 1 is 1.21 bits per heavy atom. The molecule has 1 aliphatic heterocycles. The lowest BCUT2D eigenvalue weighted by atomic mass is 10.1. The third kappa shape index (κ3) is 3.97. The van der Waals surface area contributed by atoms with Crippen LogP contribution in [0.5, 0.6) is 0 Å². The second-order valence-electron chi connectivity index (χ2n) is 6.97. The van der Waals surface area contributed by atoms with Crippen molar-refractivity contribution in [2.45, 2.75) is 26.0 Å². The second-order valence-corrected chi connectivity index (χ2v) is 6.97. The molecule has 1 aliphatic rings. The molecule has 0 saturated carbocycles. The molecule has 3 aromatic rings. The van der Waals surface area contributed by atoms with E-state index < -0.39 is 0 Å². The van der Waals surface area contributed by atoms with Gasteiger partial charge in [0.25, 0.3) is 5.91 Å². The van der Waals surface area contributed by atoms with Crippen LogP contribution in [0.2, 0.25) is 0 Å². The van der Waals surface area contributed by atoms with Gasteiger partial charge in [-0.25, -0.2) is 0 Å². The van der Waals surface area contributed by atoms with E-state index in [4.69, 9.17) is 9.84 Å². The summed E-state index contributed by atoms with van der Waals surface area (Å²) in [5, 5.41) is 4.73. The first-order valence-electron chi connectivity index (χ1n) is 9.67. The highest BCUT2D eigenvalue weighted by Crippen LogP contribution is 2.24. The zero-order valence-corrected chi connectivity index (χ0v) is 16.0. The lowest BCUT2D eigenvalue weighted by Gasteiger charge is -2.32. The molecule has 28 heavy (non-hydrogen) atoms. The number of ether oxygens (including phenoxy) is 1. The third-order valence-electron chi connectivity index (χ3n) is 5.00. The minimum Gasteiger partial charge on any atom is -0.375 e. The van der Waals surface area contributed by atoms with Crippen LogP contribution in [0.15, 0.2) is 61.1 Å². The molecule has 6 nitrogen and oxygen atoms in total. The van der Waals surface area contributed by atoms with Crippen molar-refractivity contribution in [2.24, 2.45) is 0 Å². The Bertz CT molecular complexity index is 924. The number of hydrogen-bond donors (Lipinski definition) is 0. The molecule has 0 radical (unpaired) electrons. The van der Waals surface area contributed by atoms with E-state index >= 15 is 0 Å². The van der Waals surface area contributed by atoms with Gasteiger partial charge in [0, 0.05) is 37.2 Å². The van der Waals surface area contributed by atoms with Gasteiger partial charge in [0.2, 0.25) is 0 Å². The highest BCUT2D eigenvalue weighted by molar-refractivity contribution is 5.99. The lowest BCUT2D eigenvalue weighted by molar-refractivity contribution is -0.0226. The maximum atomic E-state index is 13.3. The molecule has 1 saturated heterocycles. The van der Waals surface area contributed by atoms with Crippen molar-refractivity contribution in [3.63, 3.8) is 0 Å². The predicted molar refractivity (Wildman–Crippen MR) is 107 cm³/mol. The number of pyridine rings is 1. The maximum absolute atomic E-state index is 13.3. The lowest BCUT2D eigenvalue weighted by Crippen LogP contribution is -2.45. The second kappa shape index (κ2) is 8.35. The standard InChI is InChI=1S/C22H24N4O2/c1-2-19-15-25(11-12-28-19)22(27)20-16-26(14-17-7-4-3-5-8-17)24-21(20)18-9-6-10-23-13-18/h3-10,13,16,19H,2,11-12,14-15H2,1H3/t19-/m0/s1. The molecule has 1 amide bonds. The van der Waals surface area contributed by atoms with Crippen molar-refractivity contribution >= 4 is 5.91 Å². The van der Waals surface area contributed by atoms with Gasteiger partial charge in [-0.1, -0.05) is 37.3 Å². The Balaban J connectivity index is 1.67. The fourth-order valence-corrected chi connectivity index (χ4v) is 3.47. The first-order chi connectivity index (χ1) is 13.7. The SMILES string of the molecule is CC[C@H]1CN(C(=O)c2cn(Cc3ccccc3)nc2-c2cccnc2)CCO1. The average molecular weight is 376 g/mol. The van der Waals surface area contributed by atoms with Crippen molar-refractivity contribution < 1.29 is 9.53 Å². The van der Waals surface area contributed by atoms with Crippen molar-refractivity contribution in [3.8, 4) is 11.3 Å². The van der Waals surface area contributed by atoms with Crippen molar-refractivity contribution in [2.75, 3.05) is 19.7 Å². The van der Waals surface area contributed by atoms with Gasteiger partial charge in [0.1, 0.15) is 5.69 Å². The highest BCUT2D eigenvalue weighted by atomic mass is 16.5. The smallest absolute Gasteiger partial charge is 0.257 e. The van der Waals surface area contributed by atoms with Crippen LogP contribution in [0.4, 0.5) is 0 Å². The summed E-state index contributed by atoms with van der Waals surface area (Å²) in [5.74, 6) is -0.0000789. The van der Waals surface area contributed by atoms with Crippen LogP contribution in [-0.4, -0.2) is 51.4 Å². The predicted octanol–water partition coefficient (Wildman–Crippen LogP) is 3.24. The Kier molecular flexibility index (Phi) is 5.48. The number of nitrogens with zero attached hydrogens (tertiary/aromatic N) is 4. The monoisotopic (exact) mass is 376 g/mol. The van der Waals surface area contributed by atoms with E-state index in [1.807, 2.05) is 46.1 Å². The zero-order chi connectivity index (χ0) is 19.3. The molecule has 4 rings (SSSR count). The van der Waals surface area contributed by atoms with Gasteiger partial charge < -0.3 is 9.64 Å². The van der Waals surface area contributed by atoms with Gasteiger partial charge in [-0.15, -0.1) is 0 Å². The van der Waals surface area contributed by atoms with Gasteiger partial charge in [-0.05, 0) is 24.1 Å². The summed E-state index contributed by atoms with van der Waals surface area (Å²) < 4.78 is 7.55. The van der Waals surface area contributed by atoms with E-state index in [1.165, 1.54) is 0 Å². The molecule has 6 heteroatoms. The van der Waals surface area contributed by atoms with E-state index in [1.54, 1.807) is 12.4 Å². The van der Waals surface area contributed by atoms with Crippen LogP contribution >= 0.6 is 0 Å². The summed E-state index contributed by atoms with van der Waals surface area (Å²) in [4.78, 5) is 19.4. The fraction of sp³-hybridized carbons (Fsp3) is 0.318. The Morgan fingerprint density at radius 3 is 2.82 bits per heavy atom. The molecule has 0 bridgehead atoms. The molecule has 1 fully saturated rings. The molecule has 144 valence electrons. The van der Waals surface area contributed by atoms with Gasteiger partial charge >= 0.3 is 0 Å². The summed E-state index contributed by atoms with van der Waals surface area (Å²) >= 11 is 0. The summed E-state index contributed by atoms with van der Waals surface area (Å²) in [5.41, 5.74) is 3.27. The largest absolute Gasteiger partial charge is 0.375 e. The van der Waals surface area contributed by atoms with Crippen LogP contribution in [0.3, 0.4) is 0 Å². The van der Waals surface area contributed by atoms with Crippen LogP contribution in [-0.2, 0) is 11.3 Å². The zero-order valence-electron chi connectivity index (χ0n) is 16.0. The molecule has 1 atom stereocenters. The molecular weight excluding hydrogens is 352 g/mol. The quantitative estimate of drug-likeness (QED) is 0.686. The molecule has 0 spiro atoms. The first-order valence-corrected chi connectivity index (χ1v) is 9.67. The van der Waals surface area contributed by atoms with Crippen LogP contribution in [0.1, 0.15) is 29.3 Å². The number of amides is 1. The van der Waals surface area contributed by atoms with Gasteiger partial charge in [0.15, 0.2) is 0 Å². The minimum absolute atomic E-state index is 0.0000789. The summed E-state index contributed by atoms with van der Waals surface area (Å²) in [6.45, 7) is 4.49.